The number of methoxy groups -OCH3 is 2. The number of benzene rings is 2. The Kier molecular flexibility index (Phi) is 7.35. The molecule has 0 spiro atoms. The van der Waals surface area contributed by atoms with Crippen molar-refractivity contribution >= 4 is 46.6 Å². The lowest BCUT2D eigenvalue weighted by Crippen LogP contribution is -2.40. The second-order valence-corrected chi connectivity index (χ2v) is 9.44. The van der Waals surface area contributed by atoms with Crippen LogP contribution in [0, 0.1) is 0 Å². The standard InChI is InChI=1S/C25H22Cl2N2O5S/c1-5-34-24(31)21-13(2)28-25-29(22(21)15-7-9-18(32-3)19(10-15)33-4)23(30)20(35-25)11-14-6-8-16(26)12-17(14)27/h6-12,22H,5H2,1-4H3/b20-11-/t22-/m1/s1. The zero-order valence-corrected chi connectivity index (χ0v) is 21.8. The number of carbonyl (C=O) groups is 1. The van der Waals surface area contributed by atoms with Gasteiger partial charge in [0.15, 0.2) is 16.3 Å². The maximum atomic E-state index is 13.7. The number of nitrogens with zero attached hydrogens (tertiary/aromatic N) is 2. The van der Waals surface area contributed by atoms with Crippen LogP contribution in [0.4, 0.5) is 0 Å². The molecular formula is C25H22Cl2N2O5S. The maximum Gasteiger partial charge on any atom is 0.338 e. The fraction of sp³-hybridized carbons (Fsp3) is 0.240. The maximum absolute atomic E-state index is 13.7. The number of rotatable bonds is 6. The summed E-state index contributed by atoms with van der Waals surface area (Å²) in [4.78, 5) is 31.7. The van der Waals surface area contributed by atoms with Crippen LogP contribution < -0.4 is 24.4 Å². The van der Waals surface area contributed by atoms with Crippen LogP contribution in [0.2, 0.25) is 10.0 Å². The summed E-state index contributed by atoms with van der Waals surface area (Å²) >= 11 is 13.5. The van der Waals surface area contributed by atoms with Crippen LogP contribution >= 0.6 is 34.5 Å². The number of halogens is 2. The molecule has 2 heterocycles. The molecule has 2 aromatic carbocycles. The van der Waals surface area contributed by atoms with Gasteiger partial charge in [-0.15, -0.1) is 0 Å². The largest absolute Gasteiger partial charge is 0.493 e. The van der Waals surface area contributed by atoms with Crippen molar-refractivity contribution in [3.63, 3.8) is 0 Å². The fourth-order valence-corrected chi connectivity index (χ4v) is 5.39. The van der Waals surface area contributed by atoms with Crippen LogP contribution in [-0.4, -0.2) is 31.4 Å². The molecule has 4 rings (SSSR count). The number of hydrogen-bond donors (Lipinski definition) is 0. The molecule has 1 aromatic heterocycles. The molecule has 0 radical (unpaired) electrons. The molecule has 1 aliphatic rings. The lowest BCUT2D eigenvalue weighted by Gasteiger charge is -2.25. The molecule has 182 valence electrons. The van der Waals surface area contributed by atoms with E-state index >= 15 is 0 Å². The van der Waals surface area contributed by atoms with Gasteiger partial charge in [0.25, 0.3) is 5.56 Å². The quantitative estimate of drug-likeness (QED) is 0.446. The third-order valence-corrected chi connectivity index (χ3v) is 7.03. The van der Waals surface area contributed by atoms with E-state index < -0.39 is 12.0 Å². The number of aromatic nitrogens is 1. The first-order valence-electron chi connectivity index (χ1n) is 10.7. The van der Waals surface area contributed by atoms with Crippen molar-refractivity contribution in [2.75, 3.05) is 20.8 Å². The van der Waals surface area contributed by atoms with E-state index in [1.54, 1.807) is 56.3 Å². The van der Waals surface area contributed by atoms with Gasteiger partial charge in [0.2, 0.25) is 0 Å². The van der Waals surface area contributed by atoms with Gasteiger partial charge in [-0.25, -0.2) is 9.79 Å². The minimum Gasteiger partial charge on any atom is -0.493 e. The van der Waals surface area contributed by atoms with Crippen molar-refractivity contribution in [1.82, 2.24) is 4.57 Å². The molecule has 0 saturated carbocycles. The van der Waals surface area contributed by atoms with Gasteiger partial charge in [-0.3, -0.25) is 9.36 Å². The van der Waals surface area contributed by atoms with Gasteiger partial charge in [-0.2, -0.15) is 0 Å². The van der Waals surface area contributed by atoms with Crippen molar-refractivity contribution < 1.29 is 19.0 Å². The molecule has 1 atom stereocenters. The van der Waals surface area contributed by atoms with Gasteiger partial charge in [0, 0.05) is 10.0 Å². The van der Waals surface area contributed by atoms with Gasteiger partial charge in [0.1, 0.15) is 0 Å². The highest BCUT2D eigenvalue weighted by molar-refractivity contribution is 7.07. The number of hydrogen-bond acceptors (Lipinski definition) is 7. The third kappa shape index (κ3) is 4.74. The number of thiazole rings is 1. The van der Waals surface area contributed by atoms with E-state index in [1.165, 1.54) is 30.1 Å². The first kappa shape index (κ1) is 25.0. The highest BCUT2D eigenvalue weighted by Gasteiger charge is 2.33. The van der Waals surface area contributed by atoms with E-state index in [-0.39, 0.29) is 17.7 Å². The van der Waals surface area contributed by atoms with Crippen LogP contribution in [-0.2, 0) is 9.53 Å². The van der Waals surface area contributed by atoms with Crippen molar-refractivity contribution in [2.45, 2.75) is 19.9 Å². The molecule has 0 unspecified atom stereocenters. The Bertz CT molecular complexity index is 1520. The predicted octanol–water partition coefficient (Wildman–Crippen LogP) is 4.12. The summed E-state index contributed by atoms with van der Waals surface area (Å²) in [5.74, 6) is 0.459. The summed E-state index contributed by atoms with van der Waals surface area (Å²) in [5, 5.41) is 0.917. The summed E-state index contributed by atoms with van der Waals surface area (Å²) in [5.41, 5.74) is 1.74. The number of allylic oxidation sites excluding steroid dienone is 1. The SMILES string of the molecule is CCOC(=O)C1=C(C)N=c2s/c(=C\c3ccc(Cl)cc3Cl)c(=O)n2[C@@H]1c1ccc(OC)c(OC)c1. The molecule has 0 bridgehead atoms. The fourth-order valence-electron chi connectivity index (χ4n) is 3.89. The molecule has 7 nitrogen and oxygen atoms in total. The number of carbonyl (C=O) groups excluding carboxylic acids is 1. The molecule has 0 N–H and O–H groups in total. The normalized spacial score (nSPS) is 15.5. The lowest BCUT2D eigenvalue weighted by atomic mass is 9.95. The second-order valence-electron chi connectivity index (χ2n) is 7.58. The van der Waals surface area contributed by atoms with E-state index in [1.807, 2.05) is 0 Å². The first-order valence-corrected chi connectivity index (χ1v) is 12.2. The monoisotopic (exact) mass is 532 g/mol. The van der Waals surface area contributed by atoms with Crippen LogP contribution in [0.15, 0.2) is 57.5 Å². The number of esters is 1. The van der Waals surface area contributed by atoms with Gasteiger partial charge in [-0.05, 0) is 55.3 Å². The molecule has 3 aromatic rings. The Morgan fingerprint density at radius 1 is 1.14 bits per heavy atom. The zero-order valence-electron chi connectivity index (χ0n) is 19.4. The molecule has 35 heavy (non-hydrogen) atoms. The second kappa shape index (κ2) is 10.3. The summed E-state index contributed by atoms with van der Waals surface area (Å²) in [6.07, 6.45) is 1.69. The van der Waals surface area contributed by atoms with Crippen molar-refractivity contribution in [2.24, 2.45) is 4.99 Å². The van der Waals surface area contributed by atoms with Gasteiger partial charge < -0.3 is 14.2 Å². The summed E-state index contributed by atoms with van der Waals surface area (Å²) in [6.45, 7) is 3.64. The highest BCUT2D eigenvalue weighted by atomic mass is 35.5. The Balaban J connectivity index is 1.98. The van der Waals surface area contributed by atoms with Crippen molar-refractivity contribution in [3.05, 3.63) is 88.5 Å². The van der Waals surface area contributed by atoms with Crippen LogP contribution in [0.1, 0.15) is 31.0 Å². The van der Waals surface area contributed by atoms with Gasteiger partial charge >= 0.3 is 5.97 Å². The summed E-state index contributed by atoms with van der Waals surface area (Å²) in [6, 6.07) is 9.55. The van der Waals surface area contributed by atoms with Gasteiger partial charge in [0.05, 0.1) is 42.7 Å². The summed E-state index contributed by atoms with van der Waals surface area (Å²) < 4.78 is 18.1. The van der Waals surface area contributed by atoms with E-state index in [0.29, 0.717) is 47.7 Å². The van der Waals surface area contributed by atoms with E-state index in [9.17, 15) is 9.59 Å². The molecule has 10 heteroatoms. The molecule has 0 saturated heterocycles. The Labute approximate surface area is 215 Å². The number of fused-ring (bicyclic) bond motifs is 1. The van der Waals surface area contributed by atoms with Crippen molar-refractivity contribution in [3.8, 4) is 11.5 Å². The summed E-state index contributed by atoms with van der Waals surface area (Å²) in [7, 11) is 3.06. The average Bonchev–Trinajstić information content (AvgIpc) is 3.14. The molecule has 0 aliphatic carbocycles. The molecule has 1 aliphatic heterocycles. The topological polar surface area (TPSA) is 79.1 Å². The minimum atomic E-state index is -0.770. The minimum absolute atomic E-state index is 0.188. The Morgan fingerprint density at radius 3 is 2.54 bits per heavy atom. The first-order chi connectivity index (χ1) is 16.8. The van der Waals surface area contributed by atoms with E-state index in [0.717, 1.165) is 0 Å². The smallest absolute Gasteiger partial charge is 0.338 e. The Morgan fingerprint density at radius 2 is 1.89 bits per heavy atom. The van der Waals surface area contributed by atoms with E-state index in [2.05, 4.69) is 4.99 Å². The number of ether oxygens (including phenoxy) is 3. The molecular weight excluding hydrogens is 511 g/mol. The zero-order chi connectivity index (χ0) is 25.3. The van der Waals surface area contributed by atoms with Gasteiger partial charge in [-0.1, -0.05) is 46.7 Å². The molecule has 0 amide bonds. The average molecular weight is 533 g/mol. The molecule has 0 fully saturated rings. The predicted molar refractivity (Wildman–Crippen MR) is 136 cm³/mol. The Hall–Kier alpha value is -3.07. The van der Waals surface area contributed by atoms with E-state index in [4.69, 9.17) is 37.4 Å². The van der Waals surface area contributed by atoms with Crippen LogP contribution in [0.3, 0.4) is 0 Å². The van der Waals surface area contributed by atoms with Crippen LogP contribution in [0.5, 0.6) is 11.5 Å². The van der Waals surface area contributed by atoms with Crippen LogP contribution in [0.25, 0.3) is 6.08 Å². The lowest BCUT2D eigenvalue weighted by molar-refractivity contribution is -0.139. The van der Waals surface area contributed by atoms with Crippen molar-refractivity contribution in [1.29, 1.82) is 0 Å². The third-order valence-electron chi connectivity index (χ3n) is 5.49. The highest BCUT2D eigenvalue weighted by Crippen LogP contribution is 2.36.